The van der Waals surface area contributed by atoms with Crippen molar-refractivity contribution in [2.45, 2.75) is 18.8 Å². The SMILES string of the molecule is O[C@H]1CO[C@@H](Cc2ccccc2)OC1. The van der Waals surface area contributed by atoms with Crippen molar-refractivity contribution in [1.82, 2.24) is 0 Å². The van der Waals surface area contributed by atoms with Crippen LogP contribution in [-0.4, -0.2) is 30.7 Å². The maximum Gasteiger partial charge on any atom is 0.161 e. The lowest BCUT2D eigenvalue weighted by molar-refractivity contribution is -0.214. The Bertz CT molecular complexity index is 265. The van der Waals surface area contributed by atoms with Crippen LogP contribution in [0, 0.1) is 0 Å². The first-order chi connectivity index (χ1) is 6.84. The Hall–Kier alpha value is -0.900. The van der Waals surface area contributed by atoms with Gasteiger partial charge in [0.05, 0.1) is 13.2 Å². The normalized spacial score (nSPS) is 27.5. The lowest BCUT2D eigenvalue weighted by Gasteiger charge is -2.26. The van der Waals surface area contributed by atoms with E-state index >= 15 is 0 Å². The Morgan fingerprint density at radius 2 is 1.79 bits per heavy atom. The van der Waals surface area contributed by atoms with Crippen molar-refractivity contribution in [2.24, 2.45) is 0 Å². The first-order valence-corrected chi connectivity index (χ1v) is 4.80. The van der Waals surface area contributed by atoms with Crippen molar-refractivity contribution >= 4 is 0 Å². The largest absolute Gasteiger partial charge is 0.388 e. The summed E-state index contributed by atoms with van der Waals surface area (Å²) in [4.78, 5) is 0. The lowest BCUT2D eigenvalue weighted by atomic mass is 10.1. The van der Waals surface area contributed by atoms with Gasteiger partial charge in [-0.2, -0.15) is 0 Å². The first kappa shape index (κ1) is 9.65. The van der Waals surface area contributed by atoms with E-state index < -0.39 is 6.10 Å². The number of hydrogen-bond donors (Lipinski definition) is 1. The minimum atomic E-state index is -0.470. The molecule has 0 spiro atoms. The number of ether oxygens (including phenoxy) is 2. The van der Waals surface area contributed by atoms with E-state index in [-0.39, 0.29) is 6.29 Å². The third-order valence-electron chi connectivity index (χ3n) is 2.19. The van der Waals surface area contributed by atoms with E-state index in [1.807, 2.05) is 30.3 Å². The molecule has 3 nitrogen and oxygen atoms in total. The van der Waals surface area contributed by atoms with Crippen LogP contribution in [0.3, 0.4) is 0 Å². The molecule has 1 heterocycles. The van der Waals surface area contributed by atoms with Gasteiger partial charge >= 0.3 is 0 Å². The minimum absolute atomic E-state index is 0.208. The van der Waals surface area contributed by atoms with Crippen LogP contribution < -0.4 is 0 Å². The van der Waals surface area contributed by atoms with E-state index in [1.165, 1.54) is 5.56 Å². The molecule has 76 valence electrons. The fraction of sp³-hybridized carbons (Fsp3) is 0.455. The van der Waals surface area contributed by atoms with Gasteiger partial charge in [-0.05, 0) is 5.56 Å². The van der Waals surface area contributed by atoms with Crippen molar-refractivity contribution < 1.29 is 14.6 Å². The molecule has 2 rings (SSSR count). The van der Waals surface area contributed by atoms with Gasteiger partial charge in [-0.15, -0.1) is 0 Å². The number of hydrogen-bond acceptors (Lipinski definition) is 3. The van der Waals surface area contributed by atoms with E-state index in [0.717, 1.165) is 6.42 Å². The smallest absolute Gasteiger partial charge is 0.161 e. The van der Waals surface area contributed by atoms with Gasteiger partial charge in [0, 0.05) is 6.42 Å². The van der Waals surface area contributed by atoms with Crippen LogP contribution in [0.25, 0.3) is 0 Å². The third-order valence-corrected chi connectivity index (χ3v) is 2.19. The highest BCUT2D eigenvalue weighted by Crippen LogP contribution is 2.11. The topological polar surface area (TPSA) is 38.7 Å². The standard InChI is InChI=1S/C11H14O3/c12-10-7-13-11(14-8-10)6-9-4-2-1-3-5-9/h1-5,10-12H,6-8H2/t10-,11+. The lowest BCUT2D eigenvalue weighted by Crippen LogP contribution is -2.36. The monoisotopic (exact) mass is 194 g/mol. The zero-order chi connectivity index (χ0) is 9.80. The molecule has 1 aromatic rings. The van der Waals surface area contributed by atoms with Crippen LogP contribution in [0.1, 0.15) is 5.56 Å². The molecule has 3 heteroatoms. The molecular formula is C11H14O3. The predicted octanol–water partition coefficient (Wildman–Crippen LogP) is 0.963. The number of aliphatic hydroxyl groups is 1. The van der Waals surface area contributed by atoms with Crippen LogP contribution in [-0.2, 0) is 15.9 Å². The Labute approximate surface area is 83.3 Å². The second kappa shape index (κ2) is 4.55. The summed E-state index contributed by atoms with van der Waals surface area (Å²) >= 11 is 0. The summed E-state index contributed by atoms with van der Waals surface area (Å²) in [5, 5.41) is 9.14. The fourth-order valence-electron chi connectivity index (χ4n) is 1.46. The summed E-state index contributed by atoms with van der Waals surface area (Å²) in [7, 11) is 0. The van der Waals surface area contributed by atoms with E-state index in [1.54, 1.807) is 0 Å². The Morgan fingerprint density at radius 3 is 2.43 bits per heavy atom. The zero-order valence-electron chi connectivity index (χ0n) is 7.93. The average molecular weight is 194 g/mol. The van der Waals surface area contributed by atoms with Crippen LogP contribution in [0.2, 0.25) is 0 Å². The summed E-state index contributed by atoms with van der Waals surface area (Å²) in [5.41, 5.74) is 1.19. The first-order valence-electron chi connectivity index (χ1n) is 4.80. The van der Waals surface area contributed by atoms with Gasteiger partial charge in [-0.25, -0.2) is 0 Å². The van der Waals surface area contributed by atoms with Crippen LogP contribution in [0.15, 0.2) is 30.3 Å². The van der Waals surface area contributed by atoms with Gasteiger partial charge in [0.1, 0.15) is 6.10 Å². The highest BCUT2D eigenvalue weighted by molar-refractivity contribution is 5.15. The quantitative estimate of drug-likeness (QED) is 0.762. The molecule has 1 N–H and O–H groups in total. The van der Waals surface area contributed by atoms with E-state index in [0.29, 0.717) is 13.2 Å². The summed E-state index contributed by atoms with van der Waals surface area (Å²) in [6, 6.07) is 10.0. The molecule has 0 atom stereocenters. The summed E-state index contributed by atoms with van der Waals surface area (Å²) < 4.78 is 10.6. The number of benzene rings is 1. The second-order valence-corrected chi connectivity index (χ2v) is 3.44. The maximum atomic E-state index is 9.14. The molecule has 0 amide bonds. The predicted molar refractivity (Wildman–Crippen MR) is 51.8 cm³/mol. The van der Waals surface area contributed by atoms with E-state index in [9.17, 15) is 0 Å². The van der Waals surface area contributed by atoms with Gasteiger partial charge in [0.15, 0.2) is 6.29 Å². The van der Waals surface area contributed by atoms with E-state index in [4.69, 9.17) is 14.6 Å². The molecule has 0 aliphatic carbocycles. The highest BCUT2D eigenvalue weighted by Gasteiger charge is 2.20. The molecule has 0 bridgehead atoms. The molecule has 1 fully saturated rings. The summed E-state index contributed by atoms with van der Waals surface area (Å²) in [6.07, 6.45) is 0.0657. The molecule has 1 aliphatic heterocycles. The van der Waals surface area contributed by atoms with Crippen molar-refractivity contribution in [1.29, 1.82) is 0 Å². The Kier molecular flexibility index (Phi) is 3.14. The summed E-state index contributed by atoms with van der Waals surface area (Å²) in [5.74, 6) is 0. The minimum Gasteiger partial charge on any atom is -0.388 e. The van der Waals surface area contributed by atoms with Gasteiger partial charge in [-0.3, -0.25) is 0 Å². The Morgan fingerprint density at radius 1 is 1.14 bits per heavy atom. The van der Waals surface area contributed by atoms with Gasteiger partial charge < -0.3 is 14.6 Å². The average Bonchev–Trinajstić information content (AvgIpc) is 2.23. The Balaban J connectivity index is 1.87. The van der Waals surface area contributed by atoms with Crippen LogP contribution in [0.4, 0.5) is 0 Å². The molecule has 1 saturated heterocycles. The van der Waals surface area contributed by atoms with Crippen LogP contribution >= 0.6 is 0 Å². The van der Waals surface area contributed by atoms with Crippen LogP contribution in [0.5, 0.6) is 0 Å². The zero-order valence-corrected chi connectivity index (χ0v) is 7.93. The fourth-order valence-corrected chi connectivity index (χ4v) is 1.46. The number of rotatable bonds is 2. The third kappa shape index (κ3) is 2.54. The molecule has 0 aromatic heterocycles. The van der Waals surface area contributed by atoms with Crippen molar-refractivity contribution in [3.8, 4) is 0 Å². The highest BCUT2D eigenvalue weighted by atomic mass is 16.7. The van der Waals surface area contributed by atoms with Gasteiger partial charge in [-0.1, -0.05) is 30.3 Å². The van der Waals surface area contributed by atoms with E-state index in [2.05, 4.69) is 0 Å². The molecule has 0 unspecified atom stereocenters. The van der Waals surface area contributed by atoms with Gasteiger partial charge in [0.2, 0.25) is 0 Å². The van der Waals surface area contributed by atoms with Gasteiger partial charge in [0.25, 0.3) is 0 Å². The molecule has 0 radical (unpaired) electrons. The van der Waals surface area contributed by atoms with Crippen molar-refractivity contribution in [3.05, 3.63) is 35.9 Å². The molecule has 14 heavy (non-hydrogen) atoms. The number of aliphatic hydroxyl groups excluding tert-OH is 1. The van der Waals surface area contributed by atoms with Crippen molar-refractivity contribution in [2.75, 3.05) is 13.2 Å². The molecular weight excluding hydrogens is 180 g/mol. The molecule has 1 aliphatic rings. The molecule has 0 saturated carbocycles. The summed E-state index contributed by atoms with van der Waals surface area (Å²) in [6.45, 7) is 0.745. The molecule has 1 aromatic carbocycles. The maximum absolute atomic E-state index is 9.14. The second-order valence-electron chi connectivity index (χ2n) is 3.44. The van der Waals surface area contributed by atoms with Crippen molar-refractivity contribution in [3.63, 3.8) is 0 Å².